The maximum atomic E-state index is 13.6. The number of amides is 1. The van der Waals surface area contributed by atoms with Gasteiger partial charge in [-0.2, -0.15) is 4.39 Å². The van der Waals surface area contributed by atoms with Gasteiger partial charge in [-0.05, 0) is 43.3 Å². The Morgan fingerprint density at radius 3 is 2.36 bits per heavy atom. The highest BCUT2D eigenvalue weighted by atomic mass is 19.1. The molecule has 0 bridgehead atoms. The van der Waals surface area contributed by atoms with Crippen LogP contribution in [-0.4, -0.2) is 21.6 Å². The van der Waals surface area contributed by atoms with Crippen LogP contribution in [0.1, 0.15) is 22.8 Å². The van der Waals surface area contributed by atoms with Gasteiger partial charge < -0.3 is 10.2 Å². The van der Waals surface area contributed by atoms with Crippen molar-refractivity contribution < 1.29 is 22.8 Å². The molecule has 142 valence electrons. The summed E-state index contributed by atoms with van der Waals surface area (Å²) in [5.41, 5.74) is 0.340. The molecule has 9 heteroatoms. The van der Waals surface area contributed by atoms with Crippen LogP contribution >= 0.6 is 0 Å². The smallest absolute Gasteiger partial charge is 0.262 e. The van der Waals surface area contributed by atoms with Gasteiger partial charge in [0.2, 0.25) is 5.95 Å². The first kappa shape index (κ1) is 19.0. The van der Waals surface area contributed by atoms with Crippen molar-refractivity contribution >= 4 is 17.4 Å². The molecule has 28 heavy (non-hydrogen) atoms. The maximum absolute atomic E-state index is 13.6. The Morgan fingerprint density at radius 1 is 1.00 bits per heavy atom. The lowest BCUT2D eigenvalue weighted by atomic mass is 10.2. The minimum Gasteiger partial charge on any atom is -0.355 e. The first-order valence-corrected chi connectivity index (χ1v) is 7.99. The first-order valence-electron chi connectivity index (χ1n) is 7.99. The van der Waals surface area contributed by atoms with E-state index >= 15 is 0 Å². The maximum Gasteiger partial charge on any atom is 0.262 e. The largest absolute Gasteiger partial charge is 0.355 e. The number of hydrogen-bond acceptors (Lipinski definition) is 5. The van der Waals surface area contributed by atoms with Gasteiger partial charge in [-0.15, -0.1) is 0 Å². The van der Waals surface area contributed by atoms with Crippen LogP contribution in [0.25, 0.3) is 0 Å². The normalized spacial score (nSPS) is 11.2. The quantitative estimate of drug-likeness (QED) is 0.409. The lowest BCUT2D eigenvalue weighted by Gasteiger charge is -2.07. The minimum atomic E-state index is -0.968. The summed E-state index contributed by atoms with van der Waals surface area (Å²) >= 11 is 0. The summed E-state index contributed by atoms with van der Waals surface area (Å²) in [6.45, 7) is 1.65. The summed E-state index contributed by atoms with van der Waals surface area (Å²) in [6.07, 6.45) is 2.59. The second-order valence-corrected chi connectivity index (χ2v) is 5.57. The molecule has 0 aliphatic rings. The highest BCUT2D eigenvalue weighted by Gasteiger charge is 2.17. The summed E-state index contributed by atoms with van der Waals surface area (Å²) in [7, 11) is 0. The van der Waals surface area contributed by atoms with E-state index in [4.69, 9.17) is 4.84 Å². The number of carbonyl (C=O) groups excluding carboxylic acids is 1. The number of carbonyl (C=O) groups is 1. The third kappa shape index (κ3) is 4.50. The molecule has 2 heterocycles. The van der Waals surface area contributed by atoms with Gasteiger partial charge in [0.1, 0.15) is 23.0 Å². The fourth-order valence-electron chi connectivity index (χ4n) is 2.17. The molecule has 1 N–H and O–H groups in total. The molecular weight excluding hydrogens is 373 g/mol. The summed E-state index contributed by atoms with van der Waals surface area (Å²) < 4.78 is 40.0. The van der Waals surface area contributed by atoms with E-state index in [1.165, 1.54) is 30.6 Å². The van der Waals surface area contributed by atoms with Crippen LogP contribution in [0, 0.1) is 17.6 Å². The highest BCUT2D eigenvalue weighted by molar-refractivity contribution is 6.04. The van der Waals surface area contributed by atoms with Crippen molar-refractivity contribution in [3.63, 3.8) is 0 Å². The Bertz CT molecular complexity index is 1000. The molecule has 0 aliphatic carbocycles. The van der Waals surface area contributed by atoms with Crippen LogP contribution in [0.4, 0.5) is 19.0 Å². The van der Waals surface area contributed by atoms with Crippen molar-refractivity contribution in [2.75, 3.05) is 5.32 Å². The predicted molar refractivity (Wildman–Crippen MR) is 95.6 cm³/mol. The molecule has 0 spiro atoms. The average Bonchev–Trinajstić information content (AvgIpc) is 2.68. The number of rotatable bonds is 5. The van der Waals surface area contributed by atoms with Gasteiger partial charge in [0.15, 0.2) is 5.75 Å². The number of anilines is 1. The fourth-order valence-corrected chi connectivity index (χ4v) is 2.17. The van der Waals surface area contributed by atoms with Crippen molar-refractivity contribution in [3.05, 3.63) is 83.6 Å². The number of benzene rings is 1. The molecular formula is C19H13F3N4O2. The number of halogens is 3. The summed E-state index contributed by atoms with van der Waals surface area (Å²) in [5, 5.41) is 6.21. The van der Waals surface area contributed by atoms with E-state index in [2.05, 4.69) is 20.4 Å². The van der Waals surface area contributed by atoms with Crippen LogP contribution in [-0.2, 0) is 0 Å². The predicted octanol–water partition coefficient (Wildman–Crippen LogP) is 3.95. The molecule has 3 rings (SSSR count). The van der Waals surface area contributed by atoms with Crippen LogP contribution in [0.5, 0.6) is 5.75 Å². The number of aromatic nitrogens is 2. The van der Waals surface area contributed by atoms with Gasteiger partial charge in [0.05, 0.1) is 11.9 Å². The van der Waals surface area contributed by atoms with E-state index in [9.17, 15) is 18.0 Å². The zero-order valence-electron chi connectivity index (χ0n) is 14.5. The molecule has 1 amide bonds. The van der Waals surface area contributed by atoms with Crippen molar-refractivity contribution in [2.24, 2.45) is 5.16 Å². The summed E-state index contributed by atoms with van der Waals surface area (Å²) in [5.74, 6) is -3.16. The van der Waals surface area contributed by atoms with E-state index in [1.54, 1.807) is 13.0 Å². The number of pyridine rings is 2. The standard InChI is InChI=1S/C19H13F3N4O2/c1-11(26-28-13-6-7-16(22)23-10-13)12-5-8-17(24-9-12)25-19(27)18-14(20)3-2-4-15(18)21/h2-10H,1H3,(H,24,25,27)/b26-11+. The lowest BCUT2D eigenvalue weighted by Crippen LogP contribution is -2.16. The molecule has 2 aromatic heterocycles. The fraction of sp³-hybridized carbons (Fsp3) is 0.0526. The van der Waals surface area contributed by atoms with Crippen molar-refractivity contribution in [1.29, 1.82) is 0 Å². The molecule has 0 atom stereocenters. The second-order valence-electron chi connectivity index (χ2n) is 5.57. The van der Waals surface area contributed by atoms with Gasteiger partial charge in [0.25, 0.3) is 5.91 Å². The van der Waals surface area contributed by atoms with Crippen molar-refractivity contribution in [3.8, 4) is 5.75 Å². The SMILES string of the molecule is C/C(=N\Oc1ccc(F)nc1)c1ccc(NC(=O)c2c(F)cccc2F)nc1. The molecule has 0 saturated heterocycles. The van der Waals surface area contributed by atoms with E-state index in [1.807, 2.05) is 0 Å². The van der Waals surface area contributed by atoms with E-state index in [0.29, 0.717) is 11.3 Å². The van der Waals surface area contributed by atoms with Gasteiger partial charge in [0, 0.05) is 11.8 Å². The van der Waals surface area contributed by atoms with Crippen LogP contribution in [0.15, 0.2) is 60.0 Å². The van der Waals surface area contributed by atoms with Gasteiger partial charge in [-0.1, -0.05) is 11.2 Å². The Balaban J connectivity index is 1.68. The van der Waals surface area contributed by atoms with E-state index < -0.39 is 29.1 Å². The molecule has 0 aliphatic heterocycles. The van der Waals surface area contributed by atoms with E-state index in [0.717, 1.165) is 18.2 Å². The van der Waals surface area contributed by atoms with Crippen LogP contribution < -0.4 is 10.2 Å². The van der Waals surface area contributed by atoms with Crippen LogP contribution in [0.3, 0.4) is 0 Å². The van der Waals surface area contributed by atoms with Gasteiger partial charge in [-0.25, -0.2) is 18.7 Å². The van der Waals surface area contributed by atoms with Gasteiger partial charge >= 0.3 is 0 Å². The molecule has 0 unspecified atom stereocenters. The Kier molecular flexibility index (Phi) is 5.64. The molecule has 0 radical (unpaired) electrons. The minimum absolute atomic E-state index is 0.104. The zero-order valence-corrected chi connectivity index (χ0v) is 14.5. The van der Waals surface area contributed by atoms with Crippen molar-refractivity contribution in [1.82, 2.24) is 9.97 Å². The Hall–Kier alpha value is -3.75. The molecule has 0 fully saturated rings. The summed E-state index contributed by atoms with van der Waals surface area (Å²) in [6, 6.07) is 8.70. The number of hydrogen-bond donors (Lipinski definition) is 1. The summed E-state index contributed by atoms with van der Waals surface area (Å²) in [4.78, 5) is 24.6. The number of nitrogens with zero attached hydrogens (tertiary/aromatic N) is 3. The van der Waals surface area contributed by atoms with Crippen molar-refractivity contribution in [2.45, 2.75) is 6.92 Å². The topological polar surface area (TPSA) is 76.5 Å². The van der Waals surface area contributed by atoms with Crippen LogP contribution in [0.2, 0.25) is 0 Å². The highest BCUT2D eigenvalue weighted by Crippen LogP contribution is 2.15. The molecule has 1 aromatic carbocycles. The zero-order chi connectivity index (χ0) is 20.1. The molecule has 3 aromatic rings. The number of nitrogens with one attached hydrogen (secondary N) is 1. The Labute approximate surface area is 157 Å². The number of oxime groups is 1. The molecule has 6 nitrogen and oxygen atoms in total. The first-order chi connectivity index (χ1) is 13.4. The Morgan fingerprint density at radius 2 is 1.75 bits per heavy atom. The lowest BCUT2D eigenvalue weighted by molar-refractivity contribution is 0.101. The monoisotopic (exact) mass is 386 g/mol. The second kappa shape index (κ2) is 8.30. The third-order valence-electron chi connectivity index (χ3n) is 3.60. The molecule has 0 saturated carbocycles. The van der Waals surface area contributed by atoms with Gasteiger partial charge in [-0.3, -0.25) is 4.79 Å². The average molecular weight is 386 g/mol. The third-order valence-corrected chi connectivity index (χ3v) is 3.60. The van der Waals surface area contributed by atoms with E-state index in [-0.39, 0.29) is 11.6 Å².